The molecule has 4 rings (SSSR count). The first-order valence-electron chi connectivity index (χ1n) is 7.73. The second kappa shape index (κ2) is 5.93. The maximum Gasteiger partial charge on any atom is 0.339 e. The highest BCUT2D eigenvalue weighted by atomic mass is 16.5. The number of carbonyl (C=O) groups is 2. The lowest BCUT2D eigenvalue weighted by atomic mass is 10.1. The van der Waals surface area contributed by atoms with Gasteiger partial charge in [0.15, 0.2) is 5.76 Å². The van der Waals surface area contributed by atoms with Gasteiger partial charge in [-0.1, -0.05) is 12.1 Å². The summed E-state index contributed by atoms with van der Waals surface area (Å²) in [6, 6.07) is 14.4. The number of carboxylic acid groups (broad SMARTS) is 1. The number of aromatic hydroxyl groups is 1. The van der Waals surface area contributed by atoms with Crippen molar-refractivity contribution in [3.05, 3.63) is 77.2 Å². The summed E-state index contributed by atoms with van der Waals surface area (Å²) in [6.45, 7) is 0. The predicted octanol–water partition coefficient (Wildman–Crippen LogP) is 3.97. The Morgan fingerprint density at radius 1 is 1.04 bits per heavy atom. The van der Waals surface area contributed by atoms with E-state index >= 15 is 0 Å². The molecular formula is C20H12O6. The summed E-state index contributed by atoms with van der Waals surface area (Å²) in [7, 11) is 0. The Labute approximate surface area is 147 Å². The van der Waals surface area contributed by atoms with Gasteiger partial charge in [-0.05, 0) is 42.5 Å². The number of aromatic carboxylic acids is 1. The Kier molecular flexibility index (Phi) is 3.58. The number of furan rings is 1. The smallest absolute Gasteiger partial charge is 0.339 e. The van der Waals surface area contributed by atoms with Gasteiger partial charge in [-0.2, -0.15) is 0 Å². The molecule has 0 aliphatic carbocycles. The van der Waals surface area contributed by atoms with E-state index in [9.17, 15) is 14.7 Å². The third kappa shape index (κ3) is 2.63. The maximum absolute atomic E-state index is 12.3. The number of fused-ring (bicyclic) bond motifs is 1. The molecule has 0 amide bonds. The zero-order valence-corrected chi connectivity index (χ0v) is 13.3. The maximum atomic E-state index is 12.3. The van der Waals surface area contributed by atoms with Crippen LogP contribution in [0, 0.1) is 0 Å². The van der Waals surface area contributed by atoms with E-state index in [0.717, 1.165) is 0 Å². The van der Waals surface area contributed by atoms with Gasteiger partial charge in [0.2, 0.25) is 5.78 Å². The summed E-state index contributed by atoms with van der Waals surface area (Å²) >= 11 is 0. The van der Waals surface area contributed by atoms with Gasteiger partial charge in [0, 0.05) is 11.6 Å². The summed E-state index contributed by atoms with van der Waals surface area (Å²) in [5, 5.41) is 18.7. The lowest BCUT2D eigenvalue weighted by molar-refractivity contribution is 0.0693. The van der Waals surface area contributed by atoms with Crippen LogP contribution in [-0.4, -0.2) is 22.0 Å². The highest BCUT2D eigenvalue weighted by Gasteiger charge is 2.27. The third-order valence-corrected chi connectivity index (χ3v) is 3.99. The molecule has 6 heteroatoms. The molecule has 3 aromatic rings. The van der Waals surface area contributed by atoms with Crippen LogP contribution in [0.15, 0.2) is 64.8 Å². The molecular weight excluding hydrogens is 336 g/mol. The summed E-state index contributed by atoms with van der Waals surface area (Å²) < 4.78 is 11.2. The number of para-hydroxylation sites is 1. The molecule has 6 nitrogen and oxygen atoms in total. The van der Waals surface area contributed by atoms with Crippen LogP contribution in [0.3, 0.4) is 0 Å². The zero-order chi connectivity index (χ0) is 18.3. The first-order valence-corrected chi connectivity index (χ1v) is 7.73. The highest BCUT2D eigenvalue weighted by molar-refractivity contribution is 6.14. The lowest BCUT2D eigenvalue weighted by Crippen LogP contribution is -1.97. The van der Waals surface area contributed by atoms with Crippen molar-refractivity contribution in [3.63, 3.8) is 0 Å². The molecule has 2 aromatic carbocycles. The topological polar surface area (TPSA) is 97.0 Å². The van der Waals surface area contributed by atoms with E-state index in [4.69, 9.17) is 14.3 Å². The Hall–Kier alpha value is -3.80. The Balaban J connectivity index is 1.65. The van der Waals surface area contributed by atoms with E-state index < -0.39 is 5.97 Å². The molecule has 0 saturated heterocycles. The molecule has 0 spiro atoms. The van der Waals surface area contributed by atoms with Crippen molar-refractivity contribution in [3.8, 4) is 22.8 Å². The third-order valence-electron chi connectivity index (χ3n) is 3.99. The zero-order valence-electron chi connectivity index (χ0n) is 13.3. The molecule has 0 saturated carbocycles. The number of rotatable bonds is 3. The minimum Gasteiger partial charge on any atom is -0.507 e. The lowest BCUT2D eigenvalue weighted by Gasteiger charge is -2.02. The molecule has 128 valence electrons. The van der Waals surface area contributed by atoms with Gasteiger partial charge in [-0.15, -0.1) is 0 Å². The number of benzene rings is 2. The van der Waals surface area contributed by atoms with Crippen molar-refractivity contribution in [1.29, 1.82) is 0 Å². The van der Waals surface area contributed by atoms with E-state index in [-0.39, 0.29) is 22.9 Å². The molecule has 0 unspecified atom stereocenters. The minimum absolute atomic E-state index is 0.157. The van der Waals surface area contributed by atoms with Gasteiger partial charge in [0.25, 0.3) is 0 Å². The van der Waals surface area contributed by atoms with E-state index in [1.54, 1.807) is 42.5 Å². The van der Waals surface area contributed by atoms with Crippen molar-refractivity contribution in [2.24, 2.45) is 0 Å². The molecule has 0 fully saturated rings. The van der Waals surface area contributed by atoms with E-state index in [0.29, 0.717) is 28.4 Å². The van der Waals surface area contributed by atoms with Crippen LogP contribution >= 0.6 is 0 Å². The predicted molar refractivity (Wildman–Crippen MR) is 92.1 cm³/mol. The SMILES string of the molecule is O=C(O)c1cc(-c2ccc(C=C3Oc4ccccc4C3=O)o2)ccc1O. The number of Topliss-reactive ketones (excluding diaryl/α,β-unsaturated/α-hetero) is 1. The van der Waals surface area contributed by atoms with Crippen molar-refractivity contribution in [1.82, 2.24) is 0 Å². The van der Waals surface area contributed by atoms with Crippen LogP contribution in [0.1, 0.15) is 26.5 Å². The van der Waals surface area contributed by atoms with Crippen LogP contribution in [0.25, 0.3) is 17.4 Å². The fraction of sp³-hybridized carbons (Fsp3) is 0. The van der Waals surface area contributed by atoms with Crippen molar-refractivity contribution < 1.29 is 29.0 Å². The summed E-state index contributed by atoms with van der Waals surface area (Å²) in [5.41, 5.74) is 0.769. The molecule has 26 heavy (non-hydrogen) atoms. The summed E-state index contributed by atoms with van der Waals surface area (Å²) in [5.74, 6) is -0.331. The van der Waals surface area contributed by atoms with Crippen LogP contribution in [0.5, 0.6) is 11.5 Å². The number of hydrogen-bond donors (Lipinski definition) is 2. The molecule has 1 aliphatic rings. The number of carbonyl (C=O) groups excluding carboxylic acids is 1. The summed E-state index contributed by atoms with van der Waals surface area (Å²) in [6.07, 6.45) is 1.49. The average Bonchev–Trinajstić information content (AvgIpc) is 3.21. The van der Waals surface area contributed by atoms with E-state index in [2.05, 4.69) is 0 Å². The van der Waals surface area contributed by atoms with Crippen LogP contribution < -0.4 is 4.74 Å². The van der Waals surface area contributed by atoms with Crippen molar-refractivity contribution in [2.45, 2.75) is 0 Å². The molecule has 2 heterocycles. The van der Waals surface area contributed by atoms with Crippen LogP contribution in [-0.2, 0) is 0 Å². The fourth-order valence-electron chi connectivity index (χ4n) is 2.71. The number of allylic oxidation sites excluding steroid dienone is 1. The van der Waals surface area contributed by atoms with Crippen molar-refractivity contribution in [2.75, 3.05) is 0 Å². The monoisotopic (exact) mass is 348 g/mol. The molecule has 1 aromatic heterocycles. The molecule has 1 aliphatic heterocycles. The Morgan fingerprint density at radius 3 is 2.62 bits per heavy atom. The fourth-order valence-corrected chi connectivity index (χ4v) is 2.71. The first kappa shape index (κ1) is 15.7. The molecule has 0 atom stereocenters. The van der Waals surface area contributed by atoms with Gasteiger partial charge in [0.1, 0.15) is 28.6 Å². The number of ether oxygens (including phenoxy) is 1. The van der Waals surface area contributed by atoms with Gasteiger partial charge in [-0.3, -0.25) is 4.79 Å². The van der Waals surface area contributed by atoms with Gasteiger partial charge < -0.3 is 19.4 Å². The van der Waals surface area contributed by atoms with E-state index in [1.807, 2.05) is 0 Å². The summed E-state index contributed by atoms with van der Waals surface area (Å²) in [4.78, 5) is 23.4. The average molecular weight is 348 g/mol. The quantitative estimate of drug-likeness (QED) is 0.695. The standard InChI is InChI=1S/C20H12O6/c21-15-7-5-11(9-14(15)20(23)24)16-8-6-12(25-16)10-18-19(22)13-3-1-2-4-17(13)26-18/h1-10,21H,(H,23,24). The largest absolute Gasteiger partial charge is 0.507 e. The molecule has 2 N–H and O–H groups in total. The van der Waals surface area contributed by atoms with Gasteiger partial charge in [0.05, 0.1) is 5.56 Å². The van der Waals surface area contributed by atoms with Crippen molar-refractivity contribution >= 4 is 17.8 Å². The van der Waals surface area contributed by atoms with Crippen LogP contribution in [0.2, 0.25) is 0 Å². The van der Waals surface area contributed by atoms with Gasteiger partial charge >= 0.3 is 5.97 Å². The second-order valence-corrected chi connectivity index (χ2v) is 5.68. The number of ketones is 1. The van der Waals surface area contributed by atoms with E-state index in [1.165, 1.54) is 18.2 Å². The molecule has 0 radical (unpaired) electrons. The Morgan fingerprint density at radius 2 is 1.85 bits per heavy atom. The van der Waals surface area contributed by atoms with Gasteiger partial charge in [-0.25, -0.2) is 4.79 Å². The number of hydrogen-bond acceptors (Lipinski definition) is 5. The van der Waals surface area contributed by atoms with Crippen LogP contribution in [0.4, 0.5) is 0 Å². The minimum atomic E-state index is -1.24. The first-order chi connectivity index (χ1) is 12.5. The Bertz CT molecular complexity index is 1070. The highest BCUT2D eigenvalue weighted by Crippen LogP contribution is 2.33. The normalized spacial score (nSPS) is 14.3. The number of carboxylic acids is 1. The molecule has 0 bridgehead atoms. The number of phenols is 1. The second-order valence-electron chi connectivity index (χ2n) is 5.68.